The van der Waals surface area contributed by atoms with Gasteiger partial charge in [-0.2, -0.15) is 0 Å². The van der Waals surface area contributed by atoms with Crippen LogP contribution in [0, 0.1) is 0 Å². The lowest BCUT2D eigenvalue weighted by atomic mass is 10.1. The Balaban J connectivity index is 1.96. The first kappa shape index (κ1) is 14.4. The molecule has 0 fully saturated rings. The maximum atomic E-state index is 6.24. The summed E-state index contributed by atoms with van der Waals surface area (Å²) in [5, 5.41) is 6.08. The summed E-state index contributed by atoms with van der Waals surface area (Å²) in [6.45, 7) is 4.06. The van der Waals surface area contributed by atoms with Gasteiger partial charge in [0, 0.05) is 34.8 Å². The molecular weight excluding hydrogens is 302 g/mol. The summed E-state index contributed by atoms with van der Waals surface area (Å²) in [4.78, 5) is 10.2. The topological polar surface area (TPSA) is 37.8 Å². The van der Waals surface area contributed by atoms with Crippen LogP contribution in [0.5, 0.6) is 0 Å². The van der Waals surface area contributed by atoms with Crippen LogP contribution < -0.4 is 5.32 Å². The number of benzene rings is 1. The van der Waals surface area contributed by atoms with Gasteiger partial charge in [-0.15, -0.1) is 11.3 Å². The Morgan fingerprint density at radius 3 is 3.00 bits per heavy atom. The standard InChI is InChI=1S/C16H16ClN3S/c1-2-7-18-9-11-10-20-16(21-11)13-5-6-14(17)12-4-3-8-19-15(12)13/h3-6,8,10,18H,2,7,9H2,1H3. The molecule has 2 heterocycles. The summed E-state index contributed by atoms with van der Waals surface area (Å²) >= 11 is 7.94. The van der Waals surface area contributed by atoms with Crippen LogP contribution in [0.25, 0.3) is 21.5 Å². The molecule has 3 nitrogen and oxygen atoms in total. The molecule has 5 heteroatoms. The first-order chi connectivity index (χ1) is 10.3. The molecule has 0 aliphatic heterocycles. The highest BCUT2D eigenvalue weighted by Gasteiger charge is 2.11. The average molecular weight is 318 g/mol. The molecule has 0 atom stereocenters. The van der Waals surface area contributed by atoms with Crippen molar-refractivity contribution < 1.29 is 0 Å². The Kier molecular flexibility index (Phi) is 4.48. The molecular formula is C16H16ClN3S. The number of aromatic nitrogens is 2. The Labute approximate surface area is 133 Å². The Hall–Kier alpha value is -1.49. The van der Waals surface area contributed by atoms with Crippen molar-refractivity contribution in [1.82, 2.24) is 15.3 Å². The van der Waals surface area contributed by atoms with Crippen molar-refractivity contribution in [2.45, 2.75) is 19.9 Å². The molecule has 108 valence electrons. The van der Waals surface area contributed by atoms with E-state index < -0.39 is 0 Å². The Morgan fingerprint density at radius 1 is 1.24 bits per heavy atom. The third-order valence-corrected chi connectivity index (χ3v) is 4.59. The zero-order valence-corrected chi connectivity index (χ0v) is 13.3. The van der Waals surface area contributed by atoms with E-state index in [0.29, 0.717) is 0 Å². The lowest BCUT2D eigenvalue weighted by molar-refractivity contribution is 0.681. The second kappa shape index (κ2) is 6.52. The number of nitrogens with one attached hydrogen (secondary N) is 1. The molecule has 21 heavy (non-hydrogen) atoms. The third kappa shape index (κ3) is 3.07. The van der Waals surface area contributed by atoms with Crippen molar-refractivity contribution in [2.75, 3.05) is 6.54 Å². The van der Waals surface area contributed by atoms with Crippen LogP contribution in [0.1, 0.15) is 18.2 Å². The minimum atomic E-state index is 0.725. The summed E-state index contributed by atoms with van der Waals surface area (Å²) in [6, 6.07) is 7.81. The number of hydrogen-bond donors (Lipinski definition) is 1. The third-order valence-electron chi connectivity index (χ3n) is 3.23. The highest BCUT2D eigenvalue weighted by atomic mass is 35.5. The number of pyridine rings is 1. The van der Waals surface area contributed by atoms with Crippen LogP contribution in [0.15, 0.2) is 36.7 Å². The van der Waals surface area contributed by atoms with E-state index >= 15 is 0 Å². The average Bonchev–Trinajstić information content (AvgIpc) is 2.97. The smallest absolute Gasteiger partial charge is 0.125 e. The van der Waals surface area contributed by atoms with Crippen molar-refractivity contribution in [3.8, 4) is 10.6 Å². The van der Waals surface area contributed by atoms with Crippen LogP contribution in [-0.2, 0) is 6.54 Å². The van der Waals surface area contributed by atoms with Gasteiger partial charge in [0.05, 0.1) is 10.5 Å². The molecule has 0 amide bonds. The lowest BCUT2D eigenvalue weighted by Gasteiger charge is -2.04. The fraction of sp³-hybridized carbons (Fsp3) is 0.250. The fourth-order valence-electron chi connectivity index (χ4n) is 2.21. The number of rotatable bonds is 5. The summed E-state index contributed by atoms with van der Waals surface area (Å²) in [5.74, 6) is 0. The van der Waals surface area contributed by atoms with E-state index in [9.17, 15) is 0 Å². The van der Waals surface area contributed by atoms with Gasteiger partial charge in [-0.1, -0.05) is 18.5 Å². The molecule has 0 spiro atoms. The van der Waals surface area contributed by atoms with Crippen molar-refractivity contribution in [3.05, 3.63) is 46.6 Å². The molecule has 2 aromatic heterocycles. The SMILES string of the molecule is CCCNCc1cnc(-c2ccc(Cl)c3cccnc23)s1. The van der Waals surface area contributed by atoms with Gasteiger partial charge in [-0.25, -0.2) is 4.98 Å². The van der Waals surface area contributed by atoms with Crippen LogP contribution in [0.4, 0.5) is 0 Å². The predicted molar refractivity (Wildman–Crippen MR) is 89.9 cm³/mol. The minimum absolute atomic E-state index is 0.725. The molecule has 1 N–H and O–H groups in total. The monoisotopic (exact) mass is 317 g/mol. The molecule has 1 aromatic carbocycles. The van der Waals surface area contributed by atoms with Crippen molar-refractivity contribution >= 4 is 33.8 Å². The molecule has 0 aliphatic rings. The number of nitrogens with zero attached hydrogens (tertiary/aromatic N) is 2. The molecule has 0 radical (unpaired) electrons. The second-order valence-corrected chi connectivity index (χ2v) is 6.33. The van der Waals surface area contributed by atoms with Crippen LogP contribution in [0.2, 0.25) is 5.02 Å². The highest BCUT2D eigenvalue weighted by Crippen LogP contribution is 2.33. The molecule has 0 aliphatic carbocycles. The number of fused-ring (bicyclic) bond motifs is 1. The highest BCUT2D eigenvalue weighted by molar-refractivity contribution is 7.15. The predicted octanol–water partition coefficient (Wildman–Crippen LogP) is 4.51. The molecule has 0 unspecified atom stereocenters. The maximum absolute atomic E-state index is 6.24. The molecule has 0 saturated heterocycles. The molecule has 0 bridgehead atoms. The van der Waals surface area contributed by atoms with Gasteiger partial charge in [-0.05, 0) is 37.2 Å². The summed E-state index contributed by atoms with van der Waals surface area (Å²) in [7, 11) is 0. The Bertz CT molecular complexity index is 754. The first-order valence-corrected chi connectivity index (χ1v) is 8.18. The lowest BCUT2D eigenvalue weighted by Crippen LogP contribution is -2.12. The number of hydrogen-bond acceptors (Lipinski definition) is 4. The Morgan fingerprint density at radius 2 is 2.14 bits per heavy atom. The van der Waals surface area contributed by atoms with Crippen LogP contribution in [0.3, 0.4) is 0 Å². The molecule has 3 rings (SSSR count). The zero-order valence-electron chi connectivity index (χ0n) is 11.8. The van der Waals surface area contributed by atoms with Gasteiger partial charge < -0.3 is 5.32 Å². The number of thiazole rings is 1. The zero-order chi connectivity index (χ0) is 14.7. The fourth-order valence-corrected chi connectivity index (χ4v) is 3.34. The van der Waals surface area contributed by atoms with E-state index in [0.717, 1.165) is 46.0 Å². The van der Waals surface area contributed by atoms with E-state index in [1.165, 1.54) is 4.88 Å². The summed E-state index contributed by atoms with van der Waals surface area (Å²) < 4.78 is 0. The van der Waals surface area contributed by atoms with Crippen LogP contribution >= 0.6 is 22.9 Å². The quantitative estimate of drug-likeness (QED) is 0.703. The van der Waals surface area contributed by atoms with Gasteiger partial charge in [0.1, 0.15) is 5.01 Å². The van der Waals surface area contributed by atoms with Crippen molar-refractivity contribution in [1.29, 1.82) is 0 Å². The largest absolute Gasteiger partial charge is 0.312 e. The minimum Gasteiger partial charge on any atom is -0.312 e. The second-order valence-electron chi connectivity index (χ2n) is 4.80. The van der Waals surface area contributed by atoms with E-state index in [2.05, 4.69) is 22.2 Å². The van der Waals surface area contributed by atoms with E-state index in [1.54, 1.807) is 17.5 Å². The van der Waals surface area contributed by atoms with Gasteiger partial charge in [0.15, 0.2) is 0 Å². The van der Waals surface area contributed by atoms with E-state index in [1.807, 2.05) is 30.5 Å². The normalized spacial score (nSPS) is 11.1. The van der Waals surface area contributed by atoms with E-state index in [-0.39, 0.29) is 0 Å². The number of halogens is 1. The van der Waals surface area contributed by atoms with Crippen LogP contribution in [-0.4, -0.2) is 16.5 Å². The maximum Gasteiger partial charge on any atom is 0.125 e. The van der Waals surface area contributed by atoms with Crippen molar-refractivity contribution in [2.24, 2.45) is 0 Å². The molecule has 3 aromatic rings. The van der Waals surface area contributed by atoms with E-state index in [4.69, 9.17) is 11.6 Å². The summed E-state index contributed by atoms with van der Waals surface area (Å²) in [5.41, 5.74) is 1.95. The van der Waals surface area contributed by atoms with Gasteiger partial charge in [0.25, 0.3) is 0 Å². The summed E-state index contributed by atoms with van der Waals surface area (Å²) in [6.07, 6.45) is 4.86. The first-order valence-electron chi connectivity index (χ1n) is 6.98. The van der Waals surface area contributed by atoms with Gasteiger partial charge >= 0.3 is 0 Å². The van der Waals surface area contributed by atoms with Crippen molar-refractivity contribution in [3.63, 3.8) is 0 Å². The van der Waals surface area contributed by atoms with Gasteiger partial charge in [0.2, 0.25) is 0 Å². The van der Waals surface area contributed by atoms with Gasteiger partial charge in [-0.3, -0.25) is 4.98 Å². The molecule has 0 saturated carbocycles.